The van der Waals surface area contributed by atoms with E-state index in [2.05, 4.69) is 40.6 Å². The van der Waals surface area contributed by atoms with E-state index in [-0.39, 0.29) is 11.4 Å². The third-order valence-corrected chi connectivity index (χ3v) is 5.96. The first-order valence-electron chi connectivity index (χ1n) is 10.1. The minimum absolute atomic E-state index is 0.173. The second-order valence-corrected chi connectivity index (χ2v) is 7.88. The molecule has 2 aromatic rings. The van der Waals surface area contributed by atoms with E-state index in [1.165, 1.54) is 12.0 Å². The Hall–Kier alpha value is -2.64. The van der Waals surface area contributed by atoms with Gasteiger partial charge in [0.05, 0.1) is 17.2 Å². The van der Waals surface area contributed by atoms with Crippen LogP contribution < -0.4 is 5.32 Å². The maximum absolute atomic E-state index is 12.9. The highest BCUT2D eigenvalue weighted by atomic mass is 16.2. The number of rotatable bonds is 6. The third-order valence-electron chi connectivity index (χ3n) is 5.96. The van der Waals surface area contributed by atoms with Crippen molar-refractivity contribution in [1.82, 2.24) is 10.2 Å². The predicted octanol–water partition coefficient (Wildman–Crippen LogP) is 4.15. The smallest absolute Gasteiger partial charge is 0.240 e. The lowest BCUT2D eigenvalue weighted by Crippen LogP contribution is -2.57. The number of likely N-dealkylation sites (N-methyl/N-ethyl adjacent to an activating group) is 1. The molecule has 1 fully saturated rings. The van der Waals surface area contributed by atoms with E-state index < -0.39 is 0 Å². The van der Waals surface area contributed by atoms with Crippen LogP contribution in [0.1, 0.15) is 43.2 Å². The molecule has 0 aromatic heterocycles. The first kappa shape index (κ1) is 20.1. The summed E-state index contributed by atoms with van der Waals surface area (Å²) in [5, 5.41) is 12.1. The SMILES string of the molecule is CN(C)C1(C(=O)NCCc2ccc(-c3ccc(C#N)cc3)cc2)CCCCC1. The number of benzene rings is 2. The van der Waals surface area contributed by atoms with Gasteiger partial charge in [-0.05, 0) is 62.2 Å². The van der Waals surface area contributed by atoms with Crippen molar-refractivity contribution in [3.63, 3.8) is 0 Å². The first-order chi connectivity index (χ1) is 13.5. The summed E-state index contributed by atoms with van der Waals surface area (Å²) >= 11 is 0. The van der Waals surface area contributed by atoms with E-state index in [0.29, 0.717) is 12.1 Å². The molecule has 1 aliphatic rings. The zero-order valence-electron chi connectivity index (χ0n) is 16.9. The maximum atomic E-state index is 12.9. The number of carbonyl (C=O) groups is 1. The lowest BCUT2D eigenvalue weighted by molar-refractivity contribution is -0.134. The molecule has 1 amide bonds. The molecule has 3 rings (SSSR count). The summed E-state index contributed by atoms with van der Waals surface area (Å²) in [5.41, 5.74) is 3.78. The van der Waals surface area contributed by atoms with Gasteiger partial charge in [-0.25, -0.2) is 0 Å². The number of hydrogen-bond donors (Lipinski definition) is 1. The van der Waals surface area contributed by atoms with E-state index in [1.54, 1.807) is 0 Å². The average Bonchev–Trinajstić information content (AvgIpc) is 2.74. The monoisotopic (exact) mass is 375 g/mol. The van der Waals surface area contributed by atoms with Gasteiger partial charge in [0, 0.05) is 6.54 Å². The van der Waals surface area contributed by atoms with Crippen molar-refractivity contribution in [2.75, 3.05) is 20.6 Å². The fourth-order valence-electron chi connectivity index (χ4n) is 4.10. The molecule has 0 aliphatic heterocycles. The van der Waals surface area contributed by atoms with Crippen molar-refractivity contribution in [2.45, 2.75) is 44.1 Å². The van der Waals surface area contributed by atoms with E-state index in [4.69, 9.17) is 5.26 Å². The largest absolute Gasteiger partial charge is 0.354 e. The normalized spacial score (nSPS) is 15.8. The van der Waals surface area contributed by atoms with E-state index >= 15 is 0 Å². The van der Waals surface area contributed by atoms with Crippen LogP contribution in [0.4, 0.5) is 0 Å². The number of amides is 1. The Labute approximate surface area is 168 Å². The van der Waals surface area contributed by atoms with Crippen molar-refractivity contribution >= 4 is 5.91 Å². The van der Waals surface area contributed by atoms with Crippen LogP contribution >= 0.6 is 0 Å². The number of nitrogens with one attached hydrogen (secondary N) is 1. The molecule has 1 N–H and O–H groups in total. The standard InChI is InChI=1S/C24H29N3O/c1-27(2)24(15-4-3-5-16-24)23(28)26-17-14-19-6-10-21(11-7-19)22-12-8-20(18-25)9-13-22/h6-13H,3-5,14-17H2,1-2H3,(H,26,28). The molecule has 0 heterocycles. The Morgan fingerprint density at radius 1 is 1.00 bits per heavy atom. The van der Waals surface area contributed by atoms with Crippen LogP contribution in [0.3, 0.4) is 0 Å². The Morgan fingerprint density at radius 2 is 1.57 bits per heavy atom. The van der Waals surface area contributed by atoms with Crippen LogP contribution in [-0.2, 0) is 11.2 Å². The van der Waals surface area contributed by atoms with Crippen molar-refractivity contribution in [3.8, 4) is 17.2 Å². The zero-order chi connectivity index (χ0) is 20.0. The van der Waals surface area contributed by atoms with Crippen LogP contribution in [0, 0.1) is 11.3 Å². The lowest BCUT2D eigenvalue weighted by Gasteiger charge is -2.41. The summed E-state index contributed by atoms with van der Waals surface area (Å²) in [5.74, 6) is 0.173. The molecule has 1 aliphatic carbocycles. The van der Waals surface area contributed by atoms with Crippen molar-refractivity contribution in [2.24, 2.45) is 0 Å². The number of carbonyl (C=O) groups excluding carboxylic acids is 1. The van der Waals surface area contributed by atoms with Crippen molar-refractivity contribution in [1.29, 1.82) is 5.26 Å². The van der Waals surface area contributed by atoms with Crippen molar-refractivity contribution in [3.05, 3.63) is 59.7 Å². The molecule has 146 valence electrons. The van der Waals surface area contributed by atoms with E-state index in [9.17, 15) is 4.79 Å². The van der Waals surface area contributed by atoms with Gasteiger partial charge >= 0.3 is 0 Å². The van der Waals surface area contributed by atoms with Crippen LogP contribution in [-0.4, -0.2) is 37.0 Å². The third kappa shape index (κ3) is 4.43. The van der Waals surface area contributed by atoms with Gasteiger partial charge in [-0.2, -0.15) is 5.26 Å². The molecule has 0 radical (unpaired) electrons. The summed E-state index contributed by atoms with van der Waals surface area (Å²) in [4.78, 5) is 15.0. The Kier molecular flexibility index (Phi) is 6.49. The quantitative estimate of drug-likeness (QED) is 0.825. The van der Waals surface area contributed by atoms with Crippen LogP contribution in [0.5, 0.6) is 0 Å². The Morgan fingerprint density at radius 3 is 2.11 bits per heavy atom. The summed E-state index contributed by atoms with van der Waals surface area (Å²) < 4.78 is 0. The zero-order valence-corrected chi connectivity index (χ0v) is 16.9. The average molecular weight is 376 g/mol. The molecule has 4 nitrogen and oxygen atoms in total. The molecule has 0 unspecified atom stereocenters. The highest BCUT2D eigenvalue weighted by Gasteiger charge is 2.41. The molecule has 28 heavy (non-hydrogen) atoms. The van der Waals surface area contributed by atoms with Gasteiger partial charge in [0.25, 0.3) is 0 Å². The summed E-state index contributed by atoms with van der Waals surface area (Å²) in [6.07, 6.45) is 6.21. The highest BCUT2D eigenvalue weighted by molar-refractivity contribution is 5.86. The number of nitrogens with zero attached hydrogens (tertiary/aromatic N) is 2. The van der Waals surface area contributed by atoms with Gasteiger partial charge in [-0.3, -0.25) is 9.69 Å². The second-order valence-electron chi connectivity index (χ2n) is 7.88. The lowest BCUT2D eigenvalue weighted by atomic mass is 9.80. The van der Waals surface area contributed by atoms with Gasteiger partial charge < -0.3 is 5.32 Å². The topological polar surface area (TPSA) is 56.1 Å². The van der Waals surface area contributed by atoms with E-state index in [1.807, 2.05) is 38.4 Å². The number of nitriles is 1. The fourth-order valence-corrected chi connectivity index (χ4v) is 4.10. The highest BCUT2D eigenvalue weighted by Crippen LogP contribution is 2.32. The second kappa shape index (κ2) is 9.03. The Balaban J connectivity index is 1.56. The molecule has 0 spiro atoms. The molecule has 0 bridgehead atoms. The fraction of sp³-hybridized carbons (Fsp3) is 0.417. The van der Waals surface area contributed by atoms with Gasteiger partial charge in [-0.1, -0.05) is 55.7 Å². The predicted molar refractivity (Wildman–Crippen MR) is 113 cm³/mol. The Bertz CT molecular complexity index is 826. The summed E-state index contributed by atoms with van der Waals surface area (Å²) in [7, 11) is 4.04. The van der Waals surface area contributed by atoms with Crippen LogP contribution in [0.2, 0.25) is 0 Å². The van der Waals surface area contributed by atoms with Gasteiger partial charge in [0.2, 0.25) is 5.91 Å². The van der Waals surface area contributed by atoms with Crippen molar-refractivity contribution < 1.29 is 4.79 Å². The van der Waals surface area contributed by atoms with Crippen LogP contribution in [0.25, 0.3) is 11.1 Å². The van der Waals surface area contributed by atoms with Crippen LogP contribution in [0.15, 0.2) is 48.5 Å². The van der Waals surface area contributed by atoms with E-state index in [0.717, 1.165) is 43.2 Å². The molecule has 0 atom stereocenters. The molecule has 0 saturated heterocycles. The maximum Gasteiger partial charge on any atom is 0.240 e. The minimum atomic E-state index is -0.336. The minimum Gasteiger partial charge on any atom is -0.354 e. The van der Waals surface area contributed by atoms with Gasteiger partial charge in [0.1, 0.15) is 0 Å². The summed E-state index contributed by atoms with van der Waals surface area (Å²) in [6, 6.07) is 18.2. The molecule has 1 saturated carbocycles. The molecular formula is C24H29N3O. The number of hydrogen-bond acceptors (Lipinski definition) is 3. The van der Waals surface area contributed by atoms with Gasteiger partial charge in [0.15, 0.2) is 0 Å². The summed E-state index contributed by atoms with van der Waals surface area (Å²) in [6.45, 7) is 0.657. The molecule has 2 aromatic carbocycles. The molecular weight excluding hydrogens is 346 g/mol. The van der Waals surface area contributed by atoms with Gasteiger partial charge in [-0.15, -0.1) is 0 Å². The molecule has 4 heteroatoms. The first-order valence-corrected chi connectivity index (χ1v) is 10.1.